The lowest BCUT2D eigenvalue weighted by molar-refractivity contribution is 0.472. The molecule has 0 radical (unpaired) electrons. The van der Waals surface area contributed by atoms with Gasteiger partial charge in [0.05, 0.1) is 6.33 Å². The van der Waals surface area contributed by atoms with Crippen molar-refractivity contribution in [1.82, 2.24) is 19.9 Å². The standard InChI is InChI=1S/C12H18N6/c1-18(9-4-2-3-8(9)5-13)12-10-11(15-6-14-10)16-7-17-12/h6-9H,2-5,13H2,1H3,(H,14,15,16,17). The number of hydrogen-bond donors (Lipinski definition) is 2. The summed E-state index contributed by atoms with van der Waals surface area (Å²) in [5, 5.41) is 0. The van der Waals surface area contributed by atoms with Crippen molar-refractivity contribution in [2.75, 3.05) is 18.5 Å². The molecule has 3 rings (SSSR count). The average Bonchev–Trinajstić information content (AvgIpc) is 3.05. The van der Waals surface area contributed by atoms with Crippen molar-refractivity contribution in [2.24, 2.45) is 11.7 Å². The number of aromatic amines is 1. The third-order valence-corrected chi connectivity index (χ3v) is 3.96. The highest BCUT2D eigenvalue weighted by molar-refractivity contribution is 5.82. The van der Waals surface area contributed by atoms with Crippen molar-refractivity contribution in [3.63, 3.8) is 0 Å². The first-order valence-electron chi connectivity index (χ1n) is 6.38. The first kappa shape index (κ1) is 11.4. The van der Waals surface area contributed by atoms with Gasteiger partial charge in [0.2, 0.25) is 0 Å². The van der Waals surface area contributed by atoms with E-state index >= 15 is 0 Å². The molecule has 3 N–H and O–H groups in total. The van der Waals surface area contributed by atoms with Gasteiger partial charge in [-0.1, -0.05) is 6.42 Å². The lowest BCUT2D eigenvalue weighted by atomic mass is 10.0. The summed E-state index contributed by atoms with van der Waals surface area (Å²) in [6, 6.07) is 0.469. The van der Waals surface area contributed by atoms with Gasteiger partial charge < -0.3 is 15.6 Å². The minimum Gasteiger partial charge on any atom is -0.354 e. The summed E-state index contributed by atoms with van der Waals surface area (Å²) in [4.78, 5) is 18.1. The maximum absolute atomic E-state index is 5.85. The molecule has 0 amide bonds. The van der Waals surface area contributed by atoms with Crippen LogP contribution in [0.2, 0.25) is 0 Å². The summed E-state index contributed by atoms with van der Waals surface area (Å²) >= 11 is 0. The summed E-state index contributed by atoms with van der Waals surface area (Å²) in [7, 11) is 2.08. The number of nitrogens with zero attached hydrogens (tertiary/aromatic N) is 4. The summed E-state index contributed by atoms with van der Waals surface area (Å²) in [6.07, 6.45) is 6.86. The van der Waals surface area contributed by atoms with Crippen LogP contribution in [0.25, 0.3) is 11.2 Å². The smallest absolute Gasteiger partial charge is 0.182 e. The first-order valence-corrected chi connectivity index (χ1v) is 6.38. The minimum atomic E-state index is 0.469. The zero-order chi connectivity index (χ0) is 12.5. The van der Waals surface area contributed by atoms with Crippen LogP contribution in [0.1, 0.15) is 19.3 Å². The van der Waals surface area contributed by atoms with Gasteiger partial charge in [0, 0.05) is 13.1 Å². The van der Waals surface area contributed by atoms with Gasteiger partial charge in [0.15, 0.2) is 11.5 Å². The molecular weight excluding hydrogens is 228 g/mol. The fraction of sp³-hybridized carbons (Fsp3) is 0.583. The molecule has 2 heterocycles. The zero-order valence-corrected chi connectivity index (χ0v) is 10.5. The molecule has 96 valence electrons. The predicted molar refractivity (Wildman–Crippen MR) is 70.3 cm³/mol. The number of nitrogens with two attached hydrogens (primary N) is 1. The molecule has 1 aliphatic carbocycles. The molecule has 6 heteroatoms. The lowest BCUT2D eigenvalue weighted by Crippen LogP contribution is -2.38. The number of aromatic nitrogens is 4. The van der Waals surface area contributed by atoms with Crippen molar-refractivity contribution in [3.8, 4) is 0 Å². The molecule has 0 spiro atoms. The molecule has 6 nitrogen and oxygen atoms in total. The van der Waals surface area contributed by atoms with Crippen LogP contribution in [0.5, 0.6) is 0 Å². The van der Waals surface area contributed by atoms with Crippen LogP contribution < -0.4 is 10.6 Å². The van der Waals surface area contributed by atoms with E-state index in [1.54, 1.807) is 12.7 Å². The second-order valence-corrected chi connectivity index (χ2v) is 4.90. The van der Waals surface area contributed by atoms with E-state index in [2.05, 4.69) is 31.9 Å². The third kappa shape index (κ3) is 1.73. The number of rotatable bonds is 3. The van der Waals surface area contributed by atoms with E-state index in [0.29, 0.717) is 17.6 Å². The van der Waals surface area contributed by atoms with Crippen LogP contribution in [0.4, 0.5) is 5.82 Å². The maximum Gasteiger partial charge on any atom is 0.182 e. The van der Waals surface area contributed by atoms with E-state index in [4.69, 9.17) is 5.73 Å². The van der Waals surface area contributed by atoms with Crippen molar-refractivity contribution < 1.29 is 0 Å². The van der Waals surface area contributed by atoms with Gasteiger partial charge in [-0.15, -0.1) is 0 Å². The van der Waals surface area contributed by atoms with E-state index in [1.807, 2.05) is 0 Å². The SMILES string of the molecule is CN(c1ncnc2nc[nH]c12)C1CCCC1CN. The average molecular weight is 246 g/mol. The van der Waals surface area contributed by atoms with Gasteiger partial charge >= 0.3 is 0 Å². The largest absolute Gasteiger partial charge is 0.354 e. The van der Waals surface area contributed by atoms with Crippen molar-refractivity contribution >= 4 is 17.0 Å². The molecule has 2 unspecified atom stereocenters. The number of anilines is 1. The van der Waals surface area contributed by atoms with Crippen LogP contribution in [0.15, 0.2) is 12.7 Å². The van der Waals surface area contributed by atoms with Gasteiger partial charge in [-0.2, -0.15) is 0 Å². The molecule has 0 saturated heterocycles. The Balaban J connectivity index is 1.96. The molecule has 2 aromatic rings. The minimum absolute atomic E-state index is 0.469. The second-order valence-electron chi connectivity index (χ2n) is 4.90. The van der Waals surface area contributed by atoms with Crippen molar-refractivity contribution in [3.05, 3.63) is 12.7 Å². The monoisotopic (exact) mass is 246 g/mol. The number of fused-ring (bicyclic) bond motifs is 1. The Morgan fingerprint density at radius 1 is 1.39 bits per heavy atom. The number of imidazole rings is 1. The van der Waals surface area contributed by atoms with Gasteiger partial charge in [-0.25, -0.2) is 15.0 Å². The highest BCUT2D eigenvalue weighted by atomic mass is 15.2. The lowest BCUT2D eigenvalue weighted by Gasteiger charge is -2.30. The Kier molecular flexibility index (Phi) is 2.87. The van der Waals surface area contributed by atoms with Crippen molar-refractivity contribution in [2.45, 2.75) is 25.3 Å². The van der Waals surface area contributed by atoms with Gasteiger partial charge in [0.25, 0.3) is 0 Å². The normalized spacial score (nSPS) is 23.7. The van der Waals surface area contributed by atoms with E-state index in [1.165, 1.54) is 19.3 Å². The fourth-order valence-electron chi connectivity index (χ4n) is 2.98. The Bertz CT molecular complexity index is 536. The van der Waals surface area contributed by atoms with E-state index < -0.39 is 0 Å². The number of nitrogens with one attached hydrogen (secondary N) is 1. The quantitative estimate of drug-likeness (QED) is 0.841. The zero-order valence-electron chi connectivity index (χ0n) is 10.5. The summed E-state index contributed by atoms with van der Waals surface area (Å²) in [5.41, 5.74) is 7.48. The van der Waals surface area contributed by atoms with Crippen molar-refractivity contribution in [1.29, 1.82) is 0 Å². The van der Waals surface area contributed by atoms with E-state index in [0.717, 1.165) is 17.9 Å². The number of H-pyrrole nitrogens is 1. The Morgan fingerprint density at radius 3 is 3.11 bits per heavy atom. The predicted octanol–water partition coefficient (Wildman–Crippen LogP) is 0.916. The van der Waals surface area contributed by atoms with E-state index in [9.17, 15) is 0 Å². The fourth-order valence-corrected chi connectivity index (χ4v) is 2.98. The molecule has 1 aliphatic rings. The Labute approximate surface area is 106 Å². The van der Waals surface area contributed by atoms with Crippen LogP contribution in [0, 0.1) is 5.92 Å². The molecule has 0 aliphatic heterocycles. The van der Waals surface area contributed by atoms with Gasteiger partial charge in [0.1, 0.15) is 11.8 Å². The van der Waals surface area contributed by atoms with Crippen LogP contribution in [-0.2, 0) is 0 Å². The summed E-state index contributed by atoms with van der Waals surface area (Å²) in [6.45, 7) is 0.742. The highest BCUT2D eigenvalue weighted by Gasteiger charge is 2.30. The molecule has 1 fully saturated rings. The third-order valence-electron chi connectivity index (χ3n) is 3.96. The maximum atomic E-state index is 5.85. The Hall–Kier alpha value is -1.69. The second kappa shape index (κ2) is 4.53. The molecule has 0 bridgehead atoms. The first-order chi connectivity index (χ1) is 8.81. The Morgan fingerprint density at radius 2 is 2.28 bits per heavy atom. The molecular formula is C12H18N6. The molecule has 0 aromatic carbocycles. The van der Waals surface area contributed by atoms with Crippen LogP contribution in [0.3, 0.4) is 0 Å². The van der Waals surface area contributed by atoms with Crippen LogP contribution >= 0.6 is 0 Å². The topological polar surface area (TPSA) is 83.7 Å². The molecule has 2 aromatic heterocycles. The van der Waals surface area contributed by atoms with Gasteiger partial charge in [-0.3, -0.25) is 0 Å². The molecule has 1 saturated carbocycles. The van der Waals surface area contributed by atoms with Crippen LogP contribution in [-0.4, -0.2) is 39.6 Å². The molecule has 18 heavy (non-hydrogen) atoms. The summed E-state index contributed by atoms with van der Waals surface area (Å²) < 4.78 is 0. The highest BCUT2D eigenvalue weighted by Crippen LogP contribution is 2.32. The van der Waals surface area contributed by atoms with E-state index in [-0.39, 0.29) is 0 Å². The number of hydrogen-bond acceptors (Lipinski definition) is 5. The van der Waals surface area contributed by atoms with Gasteiger partial charge in [-0.05, 0) is 25.3 Å². The summed E-state index contributed by atoms with van der Waals surface area (Å²) in [5.74, 6) is 1.48. The molecule has 2 atom stereocenters.